The zero-order valence-corrected chi connectivity index (χ0v) is 12.8. The largest absolute Gasteiger partial charge is 0.481 e. The molecule has 118 valence electrons. The first-order valence-electron chi connectivity index (χ1n) is 7.63. The molecule has 0 aliphatic rings. The monoisotopic (exact) mass is 304 g/mol. The van der Waals surface area contributed by atoms with E-state index < -0.39 is 11.8 Å². The van der Waals surface area contributed by atoms with Crippen molar-refractivity contribution < 1.29 is 14.3 Å². The molecular weight excluding hydrogens is 283 g/mol. The SMILES string of the molecule is CCCCCCn1cc(-c2ccc(CC(=O)O)c(F)c2)cn1. The number of aromatic nitrogens is 2. The molecule has 4 nitrogen and oxygen atoms in total. The zero-order valence-electron chi connectivity index (χ0n) is 12.8. The average Bonchev–Trinajstić information content (AvgIpc) is 2.94. The molecule has 0 radical (unpaired) electrons. The van der Waals surface area contributed by atoms with Gasteiger partial charge < -0.3 is 5.11 Å². The average molecular weight is 304 g/mol. The highest BCUT2D eigenvalue weighted by atomic mass is 19.1. The zero-order chi connectivity index (χ0) is 15.9. The van der Waals surface area contributed by atoms with Crippen LogP contribution in [-0.2, 0) is 17.8 Å². The van der Waals surface area contributed by atoms with Crippen LogP contribution in [-0.4, -0.2) is 20.9 Å². The number of carboxylic acids is 1. The molecule has 1 aromatic carbocycles. The summed E-state index contributed by atoms with van der Waals surface area (Å²) < 4.78 is 15.8. The van der Waals surface area contributed by atoms with Crippen molar-refractivity contribution in [2.75, 3.05) is 0 Å². The molecule has 0 unspecified atom stereocenters. The Morgan fingerprint density at radius 2 is 2.09 bits per heavy atom. The van der Waals surface area contributed by atoms with Crippen LogP contribution in [0, 0.1) is 5.82 Å². The lowest BCUT2D eigenvalue weighted by molar-refractivity contribution is -0.136. The Labute approximate surface area is 129 Å². The van der Waals surface area contributed by atoms with Gasteiger partial charge in [0.2, 0.25) is 0 Å². The van der Waals surface area contributed by atoms with Crippen LogP contribution in [0.2, 0.25) is 0 Å². The summed E-state index contributed by atoms with van der Waals surface area (Å²) in [5.41, 5.74) is 1.76. The molecule has 0 atom stereocenters. The predicted octanol–water partition coefficient (Wildman–Crippen LogP) is 3.90. The molecule has 1 N–H and O–H groups in total. The number of aliphatic carboxylic acids is 1. The molecule has 0 bridgehead atoms. The summed E-state index contributed by atoms with van der Waals surface area (Å²) in [6.45, 7) is 3.04. The van der Waals surface area contributed by atoms with Crippen molar-refractivity contribution in [2.24, 2.45) is 0 Å². The van der Waals surface area contributed by atoms with E-state index in [1.807, 2.05) is 10.9 Å². The molecule has 0 saturated heterocycles. The predicted molar refractivity (Wildman–Crippen MR) is 83.1 cm³/mol. The minimum Gasteiger partial charge on any atom is -0.481 e. The van der Waals surface area contributed by atoms with Crippen molar-refractivity contribution in [2.45, 2.75) is 45.6 Å². The first-order chi connectivity index (χ1) is 10.6. The summed E-state index contributed by atoms with van der Waals surface area (Å²) in [6.07, 6.45) is 8.01. The molecule has 22 heavy (non-hydrogen) atoms. The van der Waals surface area contributed by atoms with Crippen LogP contribution in [0.1, 0.15) is 38.2 Å². The molecule has 1 aromatic heterocycles. The molecule has 2 rings (SSSR count). The number of aryl methyl sites for hydroxylation is 1. The molecule has 0 spiro atoms. The molecule has 0 aliphatic heterocycles. The van der Waals surface area contributed by atoms with E-state index in [9.17, 15) is 9.18 Å². The highest BCUT2D eigenvalue weighted by molar-refractivity contribution is 5.71. The highest BCUT2D eigenvalue weighted by Crippen LogP contribution is 2.22. The van der Waals surface area contributed by atoms with Gasteiger partial charge in [-0.05, 0) is 23.6 Å². The quantitative estimate of drug-likeness (QED) is 0.753. The van der Waals surface area contributed by atoms with Gasteiger partial charge in [-0.2, -0.15) is 5.10 Å². The summed E-state index contributed by atoms with van der Waals surface area (Å²) in [4.78, 5) is 10.6. The van der Waals surface area contributed by atoms with Gasteiger partial charge in [0.25, 0.3) is 0 Å². The third-order valence-corrected chi connectivity index (χ3v) is 3.60. The van der Waals surface area contributed by atoms with E-state index in [2.05, 4.69) is 12.0 Å². The van der Waals surface area contributed by atoms with Gasteiger partial charge in [-0.3, -0.25) is 9.48 Å². The van der Waals surface area contributed by atoms with Crippen LogP contribution in [0.3, 0.4) is 0 Å². The molecule has 0 amide bonds. The van der Waals surface area contributed by atoms with E-state index in [0.717, 1.165) is 18.5 Å². The smallest absolute Gasteiger partial charge is 0.307 e. The molecule has 0 fully saturated rings. The first kappa shape index (κ1) is 16.2. The van der Waals surface area contributed by atoms with E-state index in [1.165, 1.54) is 31.4 Å². The molecule has 0 aliphatic carbocycles. The van der Waals surface area contributed by atoms with E-state index in [0.29, 0.717) is 5.56 Å². The number of halogens is 1. The third kappa shape index (κ3) is 4.41. The van der Waals surface area contributed by atoms with Crippen LogP contribution in [0.4, 0.5) is 4.39 Å². The molecule has 5 heteroatoms. The Kier molecular flexibility index (Phi) is 5.69. The van der Waals surface area contributed by atoms with Crippen molar-refractivity contribution in [1.82, 2.24) is 9.78 Å². The van der Waals surface area contributed by atoms with Crippen molar-refractivity contribution in [1.29, 1.82) is 0 Å². The maximum atomic E-state index is 13.9. The first-order valence-corrected chi connectivity index (χ1v) is 7.63. The minimum atomic E-state index is -1.04. The van der Waals surface area contributed by atoms with Crippen molar-refractivity contribution in [3.05, 3.63) is 42.0 Å². The van der Waals surface area contributed by atoms with Crippen molar-refractivity contribution in [3.8, 4) is 11.1 Å². The Morgan fingerprint density at radius 1 is 1.27 bits per heavy atom. The highest BCUT2D eigenvalue weighted by Gasteiger charge is 2.09. The van der Waals surface area contributed by atoms with Crippen LogP contribution in [0.15, 0.2) is 30.6 Å². The number of hydrogen-bond acceptors (Lipinski definition) is 2. The molecular formula is C17H21FN2O2. The van der Waals surface area contributed by atoms with Gasteiger partial charge in [0.05, 0.1) is 12.6 Å². The summed E-state index contributed by atoms with van der Waals surface area (Å²) in [5.74, 6) is -1.53. The number of hydrogen-bond donors (Lipinski definition) is 1. The number of rotatable bonds is 8. The summed E-state index contributed by atoms with van der Waals surface area (Å²) in [5, 5.41) is 13.0. The van der Waals surface area contributed by atoms with Gasteiger partial charge in [0.1, 0.15) is 5.82 Å². The Balaban J connectivity index is 2.04. The third-order valence-electron chi connectivity index (χ3n) is 3.60. The standard InChI is InChI=1S/C17H21FN2O2/c1-2-3-4-5-8-20-12-15(11-19-20)13-6-7-14(10-17(21)22)16(18)9-13/h6-7,9,11-12H,2-5,8,10H2,1H3,(H,21,22). The summed E-state index contributed by atoms with van der Waals surface area (Å²) >= 11 is 0. The Hall–Kier alpha value is -2.17. The molecule has 2 aromatic rings. The number of carboxylic acid groups (broad SMARTS) is 1. The second kappa shape index (κ2) is 7.73. The summed E-state index contributed by atoms with van der Waals surface area (Å²) in [7, 11) is 0. The topological polar surface area (TPSA) is 55.1 Å². The van der Waals surface area contributed by atoms with Crippen LogP contribution in [0.25, 0.3) is 11.1 Å². The lowest BCUT2D eigenvalue weighted by Crippen LogP contribution is -2.02. The van der Waals surface area contributed by atoms with Gasteiger partial charge in [0, 0.05) is 18.3 Å². The van der Waals surface area contributed by atoms with Gasteiger partial charge >= 0.3 is 5.97 Å². The fourth-order valence-electron chi connectivity index (χ4n) is 2.37. The van der Waals surface area contributed by atoms with Crippen molar-refractivity contribution in [3.63, 3.8) is 0 Å². The fraction of sp³-hybridized carbons (Fsp3) is 0.412. The minimum absolute atomic E-state index is 0.197. The number of nitrogens with zero attached hydrogens (tertiary/aromatic N) is 2. The fourth-order valence-corrected chi connectivity index (χ4v) is 2.37. The lowest BCUT2D eigenvalue weighted by atomic mass is 10.0. The van der Waals surface area contributed by atoms with Crippen LogP contribution >= 0.6 is 0 Å². The van der Waals surface area contributed by atoms with Gasteiger partial charge in [-0.25, -0.2) is 4.39 Å². The van der Waals surface area contributed by atoms with E-state index in [-0.39, 0.29) is 12.0 Å². The second-order valence-corrected chi connectivity index (χ2v) is 5.43. The number of benzene rings is 1. The Morgan fingerprint density at radius 3 is 2.77 bits per heavy atom. The van der Waals surface area contributed by atoms with E-state index >= 15 is 0 Å². The molecule has 1 heterocycles. The number of unbranched alkanes of at least 4 members (excludes halogenated alkanes) is 3. The summed E-state index contributed by atoms with van der Waals surface area (Å²) in [6, 6.07) is 4.63. The molecule has 0 saturated carbocycles. The maximum absolute atomic E-state index is 13.9. The Bertz CT molecular complexity index is 637. The second-order valence-electron chi connectivity index (χ2n) is 5.43. The maximum Gasteiger partial charge on any atom is 0.307 e. The van der Waals surface area contributed by atoms with E-state index in [1.54, 1.807) is 12.3 Å². The van der Waals surface area contributed by atoms with Gasteiger partial charge in [0.15, 0.2) is 0 Å². The number of carbonyl (C=O) groups is 1. The normalized spacial score (nSPS) is 10.8. The van der Waals surface area contributed by atoms with Crippen molar-refractivity contribution >= 4 is 5.97 Å². The van der Waals surface area contributed by atoms with Gasteiger partial charge in [-0.1, -0.05) is 38.3 Å². The lowest BCUT2D eigenvalue weighted by Gasteiger charge is -2.03. The van der Waals surface area contributed by atoms with E-state index in [4.69, 9.17) is 5.11 Å². The van der Waals surface area contributed by atoms with Crippen LogP contribution in [0.5, 0.6) is 0 Å². The van der Waals surface area contributed by atoms with Crippen LogP contribution < -0.4 is 0 Å². The van der Waals surface area contributed by atoms with Gasteiger partial charge in [-0.15, -0.1) is 0 Å².